The van der Waals surface area contributed by atoms with Gasteiger partial charge in [0.25, 0.3) is 0 Å². The van der Waals surface area contributed by atoms with Crippen molar-refractivity contribution in [2.45, 2.75) is 316 Å². The first kappa shape index (κ1) is 104. The standard InChI is InChI=1S/C91H146O17P2/c1-5-9-13-17-21-25-29-33-37-40-42-45-49-52-56-60-64-68-72-76-89(94)102-82-87(108-91(96)78-74-70-66-62-58-54-50-46-43-41-38-34-30-26-22-18-14-10-6-2)84-106-110(99,100)104-80-85(92)79-103-109(97,98)105-83-86(107-90(95)77-73-69-65-61-57-53-47-36-32-28-24-20-16-12-8-4)81-101-88(93)75-71-67-63-59-55-51-48-44-39-35-31-27-23-19-15-11-7-3/h21-28,33-39,42-43,45-48,51-52,54,56,58-59,63-64,66,68,70,85-87,92H,5-20,29-32,40-41,44,49-50,53,55,57,60-62,65,67,69,71-84H2,1-4H3,(H,97,98)(H,99,100)/b25-21-,26-22-,27-23-,28-24-,37-33-,38-34-,39-35-,45-42-,46-43-,47-36-,51-48-,56-52-,58-54-,63-59-,68-64-,70-66-/t85-,86+,87+/m0/s1. The predicted octanol–water partition coefficient (Wildman–Crippen LogP) is 24.9. The zero-order valence-corrected chi connectivity index (χ0v) is 69.9. The Kier molecular flexibility index (Phi) is 76.4. The van der Waals surface area contributed by atoms with Crippen molar-refractivity contribution in [2.24, 2.45) is 0 Å². The van der Waals surface area contributed by atoms with E-state index in [1.807, 2.05) is 48.6 Å². The van der Waals surface area contributed by atoms with Crippen LogP contribution in [0, 0.1) is 0 Å². The van der Waals surface area contributed by atoms with E-state index in [9.17, 15) is 43.2 Å². The number of carbonyl (C=O) groups is 4. The quantitative estimate of drug-likeness (QED) is 0.0169. The van der Waals surface area contributed by atoms with E-state index in [2.05, 4.69) is 174 Å². The Morgan fingerprint density at radius 3 is 0.782 bits per heavy atom. The van der Waals surface area contributed by atoms with Crippen LogP contribution in [0.2, 0.25) is 0 Å². The summed E-state index contributed by atoms with van der Waals surface area (Å²) in [5.41, 5.74) is 0. The Bertz CT molecular complexity index is 2850. The van der Waals surface area contributed by atoms with Crippen LogP contribution in [-0.4, -0.2) is 96.7 Å². The molecule has 0 saturated carbocycles. The average molecular weight is 1570 g/mol. The number of carbonyl (C=O) groups excluding carboxylic acids is 4. The largest absolute Gasteiger partial charge is 0.472 e. The van der Waals surface area contributed by atoms with Crippen molar-refractivity contribution in [2.75, 3.05) is 39.6 Å². The molecular formula is C91H146O17P2. The maximum Gasteiger partial charge on any atom is 0.472 e. The van der Waals surface area contributed by atoms with Crippen LogP contribution in [0.1, 0.15) is 297 Å². The zero-order valence-electron chi connectivity index (χ0n) is 68.1. The smallest absolute Gasteiger partial charge is 0.462 e. The van der Waals surface area contributed by atoms with Crippen molar-refractivity contribution in [3.63, 3.8) is 0 Å². The summed E-state index contributed by atoms with van der Waals surface area (Å²) in [5, 5.41) is 10.7. The van der Waals surface area contributed by atoms with E-state index in [1.54, 1.807) is 0 Å². The highest BCUT2D eigenvalue weighted by atomic mass is 31.2. The molecule has 2 unspecified atom stereocenters. The van der Waals surface area contributed by atoms with Crippen LogP contribution in [0.5, 0.6) is 0 Å². The molecule has 0 saturated heterocycles. The van der Waals surface area contributed by atoms with Gasteiger partial charge in [-0.05, 0) is 173 Å². The third-order valence-corrected chi connectivity index (χ3v) is 18.4. The minimum absolute atomic E-state index is 0.0135. The summed E-state index contributed by atoms with van der Waals surface area (Å²) in [6, 6.07) is 0. The molecule has 0 aromatic rings. The fraction of sp³-hybridized carbons (Fsp3) is 0.604. The maximum atomic E-state index is 13.1. The fourth-order valence-electron chi connectivity index (χ4n) is 10.1. The number of phosphoric ester groups is 2. The van der Waals surface area contributed by atoms with Gasteiger partial charge in [-0.2, -0.15) is 0 Å². The normalized spacial score (nSPS) is 14.8. The molecule has 0 bridgehead atoms. The lowest BCUT2D eigenvalue weighted by Gasteiger charge is -2.21. The van der Waals surface area contributed by atoms with E-state index in [1.165, 1.54) is 77.0 Å². The number of allylic oxidation sites excluding steroid dienone is 32. The van der Waals surface area contributed by atoms with E-state index in [-0.39, 0.29) is 25.7 Å². The number of hydrogen-bond donors (Lipinski definition) is 3. The summed E-state index contributed by atoms with van der Waals surface area (Å²) in [5.74, 6) is -2.47. The Hall–Kier alpha value is -6.10. The number of rotatable bonds is 76. The molecule has 5 atom stereocenters. The molecule has 0 aliphatic carbocycles. The van der Waals surface area contributed by atoms with Crippen molar-refractivity contribution in [1.29, 1.82) is 0 Å². The molecule has 0 aromatic carbocycles. The Morgan fingerprint density at radius 2 is 0.473 bits per heavy atom. The first-order chi connectivity index (χ1) is 53.7. The van der Waals surface area contributed by atoms with Gasteiger partial charge in [0, 0.05) is 25.7 Å². The van der Waals surface area contributed by atoms with Gasteiger partial charge < -0.3 is 33.8 Å². The highest BCUT2D eigenvalue weighted by molar-refractivity contribution is 7.47. The second kappa shape index (κ2) is 80.9. The van der Waals surface area contributed by atoms with Gasteiger partial charge >= 0.3 is 39.5 Å². The number of hydrogen-bond acceptors (Lipinski definition) is 15. The number of ether oxygens (including phenoxy) is 4. The molecule has 0 aromatic heterocycles. The minimum atomic E-state index is -5.03. The summed E-state index contributed by atoms with van der Waals surface area (Å²) in [6.07, 6.45) is 100. The van der Waals surface area contributed by atoms with Crippen molar-refractivity contribution >= 4 is 39.5 Å². The van der Waals surface area contributed by atoms with Crippen molar-refractivity contribution in [3.8, 4) is 0 Å². The van der Waals surface area contributed by atoms with E-state index in [0.717, 1.165) is 122 Å². The summed E-state index contributed by atoms with van der Waals surface area (Å²) in [6.45, 7) is 4.50. The van der Waals surface area contributed by atoms with Crippen molar-refractivity contribution in [1.82, 2.24) is 0 Å². The second-order valence-corrected chi connectivity index (χ2v) is 29.9. The molecular weight excluding hydrogens is 1430 g/mol. The van der Waals surface area contributed by atoms with E-state index in [0.29, 0.717) is 44.9 Å². The highest BCUT2D eigenvalue weighted by Crippen LogP contribution is 2.45. The molecule has 0 fully saturated rings. The highest BCUT2D eigenvalue weighted by Gasteiger charge is 2.30. The third-order valence-electron chi connectivity index (χ3n) is 16.5. The molecule has 0 rings (SSSR count). The Balaban J connectivity index is 5.59. The van der Waals surface area contributed by atoms with Gasteiger partial charge in [-0.3, -0.25) is 37.3 Å². The van der Waals surface area contributed by atoms with Gasteiger partial charge in [0.15, 0.2) is 12.2 Å². The van der Waals surface area contributed by atoms with Gasteiger partial charge in [-0.15, -0.1) is 0 Å². The molecule has 0 aliphatic heterocycles. The summed E-state index contributed by atoms with van der Waals surface area (Å²) >= 11 is 0. The molecule has 622 valence electrons. The number of aliphatic hydroxyl groups excluding tert-OH is 1. The molecule has 0 spiro atoms. The summed E-state index contributed by atoms with van der Waals surface area (Å²) in [7, 11) is -10.0. The lowest BCUT2D eigenvalue weighted by molar-refractivity contribution is -0.161. The lowest BCUT2D eigenvalue weighted by atomic mass is 10.1. The summed E-state index contributed by atoms with van der Waals surface area (Å²) < 4.78 is 68.5. The van der Waals surface area contributed by atoms with E-state index in [4.69, 9.17) is 37.0 Å². The van der Waals surface area contributed by atoms with Crippen molar-refractivity contribution < 1.29 is 80.2 Å². The van der Waals surface area contributed by atoms with E-state index >= 15 is 0 Å². The maximum absolute atomic E-state index is 13.1. The molecule has 0 radical (unpaired) electrons. The molecule has 110 heavy (non-hydrogen) atoms. The second-order valence-electron chi connectivity index (χ2n) is 27.0. The number of aliphatic hydroxyl groups is 1. The van der Waals surface area contributed by atoms with Crippen LogP contribution in [0.4, 0.5) is 0 Å². The van der Waals surface area contributed by atoms with Gasteiger partial charge in [0.05, 0.1) is 26.4 Å². The fourth-order valence-corrected chi connectivity index (χ4v) is 11.7. The van der Waals surface area contributed by atoms with Crippen LogP contribution >= 0.6 is 15.6 Å². The van der Waals surface area contributed by atoms with Gasteiger partial charge in [0.2, 0.25) is 0 Å². The average Bonchev–Trinajstić information content (AvgIpc) is 0.900. The minimum Gasteiger partial charge on any atom is -0.462 e. The molecule has 0 aliphatic rings. The molecule has 0 amide bonds. The topological polar surface area (TPSA) is 237 Å². The number of phosphoric acid groups is 2. The SMILES string of the molecule is CCCCC/C=C\C/C=C\C/C=C\C/C=C\C/C=C\CCC(=O)OC[C@H](COP(=O)(O)OC[C@@H](O)COP(=O)(O)OC[C@@H](COC(=O)CCC/C=C\C/C=C\C/C=C\C/C=C\CCCCC)OC(=O)CCCCCCC/C=C\C/C=C\CCCCC)OC(=O)CC/C=C\C/C=C\C/C=C\C/C=C\C/C=C\CCCCC. The molecule has 17 nitrogen and oxygen atoms in total. The van der Waals surface area contributed by atoms with Crippen LogP contribution in [-0.2, 0) is 65.4 Å². The van der Waals surface area contributed by atoms with Crippen LogP contribution in [0.3, 0.4) is 0 Å². The number of unbranched alkanes of at least 4 members (excludes halogenated alkanes) is 18. The molecule has 3 N–H and O–H groups in total. The van der Waals surface area contributed by atoms with Gasteiger partial charge in [-0.25, -0.2) is 9.13 Å². The Morgan fingerprint density at radius 1 is 0.255 bits per heavy atom. The van der Waals surface area contributed by atoms with Crippen LogP contribution < -0.4 is 0 Å². The zero-order chi connectivity index (χ0) is 80.3. The first-order valence-corrected chi connectivity index (χ1v) is 44.7. The van der Waals surface area contributed by atoms with Crippen molar-refractivity contribution in [3.05, 3.63) is 194 Å². The van der Waals surface area contributed by atoms with E-state index < -0.39 is 97.5 Å². The van der Waals surface area contributed by atoms with Crippen LogP contribution in [0.25, 0.3) is 0 Å². The monoisotopic (exact) mass is 1570 g/mol. The molecule has 19 heteroatoms. The molecule has 0 heterocycles. The predicted molar refractivity (Wildman–Crippen MR) is 454 cm³/mol. The Labute approximate surface area is 666 Å². The number of esters is 4. The lowest BCUT2D eigenvalue weighted by Crippen LogP contribution is -2.30. The van der Waals surface area contributed by atoms with Gasteiger partial charge in [0.1, 0.15) is 19.3 Å². The third kappa shape index (κ3) is 80.0. The van der Waals surface area contributed by atoms with Gasteiger partial charge in [-0.1, -0.05) is 293 Å². The van der Waals surface area contributed by atoms with Crippen LogP contribution in [0.15, 0.2) is 194 Å². The first-order valence-electron chi connectivity index (χ1n) is 41.7. The summed E-state index contributed by atoms with van der Waals surface area (Å²) in [4.78, 5) is 73.1.